The van der Waals surface area contributed by atoms with Gasteiger partial charge in [-0.25, -0.2) is 0 Å². The number of aliphatic carboxylic acids is 1. The molecular formula is C21H28N2O4. The van der Waals surface area contributed by atoms with E-state index < -0.39 is 11.6 Å². The zero-order chi connectivity index (χ0) is 19.2. The Hall–Kier alpha value is -2.08. The fourth-order valence-electron chi connectivity index (χ4n) is 5.25. The van der Waals surface area contributed by atoms with Crippen molar-refractivity contribution in [1.29, 1.82) is 0 Å². The number of nitrogens with zero attached hydrogens (tertiary/aromatic N) is 1. The van der Waals surface area contributed by atoms with E-state index in [4.69, 9.17) is 5.11 Å². The van der Waals surface area contributed by atoms with Gasteiger partial charge in [0.2, 0.25) is 5.78 Å². The second kappa shape index (κ2) is 6.82. The summed E-state index contributed by atoms with van der Waals surface area (Å²) in [5, 5.41) is 23.3. The number of aliphatic hydroxyl groups is 1. The van der Waals surface area contributed by atoms with Crippen LogP contribution in [0.15, 0.2) is 35.2 Å². The van der Waals surface area contributed by atoms with Crippen LogP contribution in [0.3, 0.4) is 0 Å². The predicted octanol–water partition coefficient (Wildman–Crippen LogP) is 2.12. The molecule has 0 spiro atoms. The summed E-state index contributed by atoms with van der Waals surface area (Å²) in [6.07, 6.45) is 10.1. The van der Waals surface area contributed by atoms with Gasteiger partial charge < -0.3 is 20.4 Å². The number of allylic oxidation sites excluding steroid dienone is 3. The molecule has 0 radical (unpaired) electrons. The largest absolute Gasteiger partial charge is 0.481 e. The van der Waals surface area contributed by atoms with Crippen LogP contribution >= 0.6 is 0 Å². The van der Waals surface area contributed by atoms with Gasteiger partial charge in [-0.05, 0) is 56.4 Å². The molecule has 1 fully saturated rings. The molecule has 4 atom stereocenters. The van der Waals surface area contributed by atoms with Crippen LogP contribution in [0.4, 0.5) is 0 Å². The SMILES string of the molecule is CCC(O)(CC(=O)O)CC1=CC(=O)C2=C(C1)CC1CN3C=CCCC3C1N2. The second-order valence-electron chi connectivity index (χ2n) is 8.51. The molecule has 4 aliphatic rings. The Labute approximate surface area is 159 Å². The maximum atomic E-state index is 12.8. The quantitative estimate of drug-likeness (QED) is 0.685. The number of ketones is 1. The number of carboxylic acid groups (broad SMARTS) is 1. The van der Waals surface area contributed by atoms with Gasteiger partial charge in [0, 0.05) is 18.5 Å². The van der Waals surface area contributed by atoms with Gasteiger partial charge in [-0.3, -0.25) is 9.59 Å². The van der Waals surface area contributed by atoms with E-state index >= 15 is 0 Å². The Morgan fingerprint density at radius 2 is 2.26 bits per heavy atom. The van der Waals surface area contributed by atoms with Crippen LogP contribution < -0.4 is 5.32 Å². The van der Waals surface area contributed by atoms with E-state index in [-0.39, 0.29) is 18.6 Å². The molecule has 0 aromatic heterocycles. The highest BCUT2D eigenvalue weighted by molar-refractivity contribution is 6.05. The summed E-state index contributed by atoms with van der Waals surface area (Å²) in [7, 11) is 0. The summed E-state index contributed by atoms with van der Waals surface area (Å²) < 4.78 is 0. The third kappa shape index (κ3) is 3.43. The third-order valence-electron chi connectivity index (χ3n) is 6.61. The van der Waals surface area contributed by atoms with Gasteiger partial charge in [-0.15, -0.1) is 0 Å². The monoisotopic (exact) mass is 372 g/mol. The maximum absolute atomic E-state index is 12.8. The highest BCUT2D eigenvalue weighted by atomic mass is 16.4. The van der Waals surface area contributed by atoms with Crippen LogP contribution in [-0.4, -0.2) is 51.1 Å². The topological polar surface area (TPSA) is 89.9 Å². The highest BCUT2D eigenvalue weighted by Gasteiger charge is 2.45. The van der Waals surface area contributed by atoms with Crippen LogP contribution in [-0.2, 0) is 9.59 Å². The number of hydrogen-bond donors (Lipinski definition) is 3. The lowest BCUT2D eigenvalue weighted by Gasteiger charge is -2.37. The Morgan fingerprint density at radius 3 is 3.00 bits per heavy atom. The van der Waals surface area contributed by atoms with Gasteiger partial charge >= 0.3 is 5.97 Å². The van der Waals surface area contributed by atoms with E-state index in [1.807, 2.05) is 0 Å². The molecule has 6 heteroatoms. The van der Waals surface area contributed by atoms with E-state index in [1.54, 1.807) is 13.0 Å². The molecule has 27 heavy (non-hydrogen) atoms. The van der Waals surface area contributed by atoms with Crippen molar-refractivity contribution in [3.8, 4) is 0 Å². The summed E-state index contributed by atoms with van der Waals surface area (Å²) in [5.74, 6) is -0.546. The average molecular weight is 372 g/mol. The highest BCUT2D eigenvalue weighted by Crippen LogP contribution is 2.41. The number of rotatable bonds is 5. The van der Waals surface area contributed by atoms with Gasteiger partial charge in [-0.1, -0.05) is 18.6 Å². The minimum Gasteiger partial charge on any atom is -0.481 e. The summed E-state index contributed by atoms with van der Waals surface area (Å²) in [6.45, 7) is 2.80. The number of nitrogens with one attached hydrogen (secondary N) is 1. The molecule has 0 bridgehead atoms. The Morgan fingerprint density at radius 1 is 1.44 bits per heavy atom. The Kier molecular flexibility index (Phi) is 4.62. The molecule has 0 amide bonds. The van der Waals surface area contributed by atoms with E-state index in [0.717, 1.165) is 42.7 Å². The molecule has 0 saturated carbocycles. The third-order valence-corrected chi connectivity index (χ3v) is 6.61. The van der Waals surface area contributed by atoms with Crippen molar-refractivity contribution in [2.45, 2.75) is 69.6 Å². The Bertz CT molecular complexity index is 753. The lowest BCUT2D eigenvalue weighted by Crippen LogP contribution is -2.48. The molecule has 6 nitrogen and oxygen atoms in total. The molecule has 0 aromatic rings. The summed E-state index contributed by atoms with van der Waals surface area (Å²) in [6, 6.07) is 0.792. The smallest absolute Gasteiger partial charge is 0.306 e. The lowest BCUT2D eigenvalue weighted by atomic mass is 9.78. The van der Waals surface area contributed by atoms with Crippen molar-refractivity contribution in [2.75, 3.05) is 6.54 Å². The summed E-state index contributed by atoms with van der Waals surface area (Å²) in [5.41, 5.74) is 1.42. The number of carbonyl (C=O) groups excluding carboxylic acids is 1. The van der Waals surface area contributed by atoms with Gasteiger partial charge in [0.15, 0.2) is 0 Å². The van der Waals surface area contributed by atoms with Gasteiger partial charge in [-0.2, -0.15) is 0 Å². The van der Waals surface area contributed by atoms with Crippen molar-refractivity contribution >= 4 is 11.8 Å². The van der Waals surface area contributed by atoms with Crippen molar-refractivity contribution in [3.63, 3.8) is 0 Å². The maximum Gasteiger partial charge on any atom is 0.306 e. The van der Waals surface area contributed by atoms with Crippen molar-refractivity contribution in [1.82, 2.24) is 10.2 Å². The van der Waals surface area contributed by atoms with Crippen LogP contribution in [0, 0.1) is 5.92 Å². The molecule has 3 N–H and O–H groups in total. The normalized spacial score (nSPS) is 31.5. The van der Waals surface area contributed by atoms with Gasteiger partial charge in [0.25, 0.3) is 0 Å². The number of carbonyl (C=O) groups is 2. The fourth-order valence-corrected chi connectivity index (χ4v) is 5.25. The summed E-state index contributed by atoms with van der Waals surface area (Å²) >= 11 is 0. The zero-order valence-electron chi connectivity index (χ0n) is 15.8. The molecular weight excluding hydrogens is 344 g/mol. The lowest BCUT2D eigenvalue weighted by molar-refractivity contribution is -0.142. The van der Waals surface area contributed by atoms with Crippen molar-refractivity contribution < 1.29 is 19.8 Å². The predicted molar refractivity (Wildman–Crippen MR) is 101 cm³/mol. The molecule has 1 aliphatic carbocycles. The van der Waals surface area contributed by atoms with E-state index in [0.29, 0.717) is 30.8 Å². The van der Waals surface area contributed by atoms with Crippen LogP contribution in [0.1, 0.15) is 51.9 Å². The first-order chi connectivity index (χ1) is 12.9. The molecule has 3 heterocycles. The first-order valence-corrected chi connectivity index (χ1v) is 9.97. The number of hydrogen-bond acceptors (Lipinski definition) is 5. The average Bonchev–Trinajstić information content (AvgIpc) is 2.97. The first-order valence-electron chi connectivity index (χ1n) is 9.97. The molecule has 1 saturated heterocycles. The van der Waals surface area contributed by atoms with E-state index in [1.165, 1.54) is 0 Å². The van der Waals surface area contributed by atoms with Crippen LogP contribution in [0.5, 0.6) is 0 Å². The fraction of sp³-hybridized carbons (Fsp3) is 0.619. The summed E-state index contributed by atoms with van der Waals surface area (Å²) in [4.78, 5) is 26.3. The minimum atomic E-state index is -1.29. The van der Waals surface area contributed by atoms with Crippen LogP contribution in [0.2, 0.25) is 0 Å². The molecule has 3 aliphatic heterocycles. The van der Waals surface area contributed by atoms with Crippen molar-refractivity contribution in [3.05, 3.63) is 35.2 Å². The van der Waals surface area contributed by atoms with Gasteiger partial charge in [0.05, 0.1) is 23.8 Å². The molecule has 4 rings (SSSR count). The Balaban J connectivity index is 1.49. The first kappa shape index (κ1) is 18.3. The minimum absolute atomic E-state index is 0.0247. The molecule has 4 unspecified atom stereocenters. The van der Waals surface area contributed by atoms with E-state index in [2.05, 4.69) is 22.5 Å². The zero-order valence-corrected chi connectivity index (χ0v) is 15.8. The molecule has 146 valence electrons. The molecule has 0 aromatic carbocycles. The van der Waals surface area contributed by atoms with Crippen LogP contribution in [0.25, 0.3) is 0 Å². The van der Waals surface area contributed by atoms with Gasteiger partial charge in [0.1, 0.15) is 0 Å². The second-order valence-corrected chi connectivity index (χ2v) is 8.51. The van der Waals surface area contributed by atoms with Crippen molar-refractivity contribution in [2.24, 2.45) is 5.92 Å². The standard InChI is InChI=1S/C21H28N2O4/c1-2-21(27,11-18(25)26)10-13-7-14-9-15-12-23-6-4-3-5-16(23)19(15)22-20(14)17(24)8-13/h4,6,8,15-16,19,22,27H,2-3,5,7,9-12H2,1H3,(H,25,26). The van der Waals surface area contributed by atoms with E-state index in [9.17, 15) is 14.7 Å². The number of carboxylic acids is 1. The number of fused-ring (bicyclic) bond motifs is 3.